The van der Waals surface area contributed by atoms with Crippen molar-refractivity contribution in [3.05, 3.63) is 42.0 Å². The van der Waals surface area contributed by atoms with Gasteiger partial charge >= 0.3 is 6.09 Å². The van der Waals surface area contributed by atoms with Gasteiger partial charge in [-0.1, -0.05) is 24.3 Å². The number of ether oxygens (including phenoxy) is 3. The summed E-state index contributed by atoms with van der Waals surface area (Å²) in [6.07, 6.45) is -0.381. The van der Waals surface area contributed by atoms with Crippen molar-refractivity contribution in [1.29, 1.82) is 0 Å². The number of aliphatic hydroxyl groups excluding tert-OH is 1. The zero-order valence-corrected chi connectivity index (χ0v) is 16.5. The van der Waals surface area contributed by atoms with E-state index < -0.39 is 12.3 Å². The van der Waals surface area contributed by atoms with Crippen molar-refractivity contribution in [2.24, 2.45) is 0 Å². The summed E-state index contributed by atoms with van der Waals surface area (Å²) in [5, 5.41) is 26.2. The van der Waals surface area contributed by atoms with Crippen LogP contribution in [-0.4, -0.2) is 62.2 Å². The first-order chi connectivity index (χ1) is 14.1. The molecule has 1 heterocycles. The molecule has 2 aromatic rings. The third-order valence-electron chi connectivity index (χ3n) is 4.90. The first-order valence-corrected chi connectivity index (χ1v) is 9.77. The fourth-order valence-corrected chi connectivity index (χ4v) is 3.29. The third-order valence-corrected chi connectivity index (χ3v) is 4.90. The van der Waals surface area contributed by atoms with Crippen LogP contribution in [0.5, 0.6) is 5.75 Å². The monoisotopic (exact) mass is 404 g/mol. The third kappa shape index (κ3) is 6.04. The van der Waals surface area contributed by atoms with Gasteiger partial charge in [0.2, 0.25) is 0 Å². The van der Waals surface area contributed by atoms with Crippen molar-refractivity contribution in [2.45, 2.75) is 31.3 Å². The van der Waals surface area contributed by atoms with E-state index in [0.29, 0.717) is 32.6 Å². The molecule has 0 bridgehead atoms. The zero-order chi connectivity index (χ0) is 20.6. The number of nitrogens with one attached hydrogen (secondary N) is 2. The Balaban J connectivity index is 1.40. The number of carbonyl (C=O) groups excluding carboxylic acids is 1. The molecule has 1 amide bonds. The number of likely N-dealkylation sites (N-methyl/N-ethyl adjacent to an activating group) is 1. The minimum Gasteiger partial charge on any atom is -0.508 e. The second kappa shape index (κ2) is 10.4. The van der Waals surface area contributed by atoms with E-state index in [0.717, 1.165) is 16.3 Å². The van der Waals surface area contributed by atoms with Gasteiger partial charge in [0.15, 0.2) is 6.29 Å². The van der Waals surface area contributed by atoms with E-state index in [2.05, 4.69) is 16.7 Å². The van der Waals surface area contributed by atoms with Crippen LogP contribution >= 0.6 is 0 Å². The highest BCUT2D eigenvalue weighted by Gasteiger charge is 2.24. The summed E-state index contributed by atoms with van der Waals surface area (Å²) in [5.74, 6) is 0.382. The average molecular weight is 404 g/mol. The predicted octanol–water partition coefficient (Wildman–Crippen LogP) is 2.05. The summed E-state index contributed by atoms with van der Waals surface area (Å²) in [6, 6.07) is 11.4. The second-order valence-electron chi connectivity index (χ2n) is 7.02. The van der Waals surface area contributed by atoms with Crippen LogP contribution in [0.3, 0.4) is 0 Å². The molecule has 0 spiro atoms. The lowest BCUT2D eigenvalue weighted by Crippen LogP contribution is -2.35. The highest BCUT2D eigenvalue weighted by molar-refractivity contribution is 5.87. The van der Waals surface area contributed by atoms with E-state index in [1.54, 1.807) is 19.2 Å². The van der Waals surface area contributed by atoms with Crippen LogP contribution in [0.25, 0.3) is 10.8 Å². The Morgan fingerprint density at radius 1 is 1.28 bits per heavy atom. The molecule has 1 saturated heterocycles. The van der Waals surface area contributed by atoms with Crippen LogP contribution in [0, 0.1) is 0 Å². The van der Waals surface area contributed by atoms with Crippen LogP contribution in [0.15, 0.2) is 36.4 Å². The average Bonchev–Trinajstić information content (AvgIpc) is 2.74. The van der Waals surface area contributed by atoms with Gasteiger partial charge in [0.25, 0.3) is 0 Å². The fourth-order valence-electron chi connectivity index (χ4n) is 3.29. The molecule has 1 atom stereocenters. The molecule has 4 N–H and O–H groups in total. The molecule has 29 heavy (non-hydrogen) atoms. The highest BCUT2D eigenvalue weighted by Crippen LogP contribution is 2.31. The van der Waals surface area contributed by atoms with Gasteiger partial charge in [-0.05, 0) is 41.9 Å². The molecule has 3 rings (SSSR count). The Morgan fingerprint density at radius 2 is 2.07 bits per heavy atom. The molecule has 0 radical (unpaired) electrons. The molecule has 1 unspecified atom stereocenters. The van der Waals surface area contributed by atoms with E-state index in [1.807, 2.05) is 18.2 Å². The van der Waals surface area contributed by atoms with Crippen molar-refractivity contribution < 1.29 is 29.2 Å². The van der Waals surface area contributed by atoms with Crippen LogP contribution < -0.4 is 10.6 Å². The van der Waals surface area contributed by atoms with Crippen LogP contribution in [0.2, 0.25) is 0 Å². The lowest BCUT2D eigenvalue weighted by atomic mass is 9.94. The molecular formula is C21H28N2O6. The summed E-state index contributed by atoms with van der Waals surface area (Å²) in [5.41, 5.74) is 1.15. The van der Waals surface area contributed by atoms with E-state index in [1.165, 1.54) is 0 Å². The molecule has 1 fully saturated rings. The number of benzene rings is 2. The molecular weight excluding hydrogens is 376 g/mol. The minimum absolute atomic E-state index is 0.105. The lowest BCUT2D eigenvalue weighted by Gasteiger charge is -2.30. The van der Waals surface area contributed by atoms with E-state index in [4.69, 9.17) is 14.2 Å². The summed E-state index contributed by atoms with van der Waals surface area (Å²) < 4.78 is 16.6. The number of rotatable bonds is 8. The van der Waals surface area contributed by atoms with Gasteiger partial charge in [-0.25, -0.2) is 4.79 Å². The molecule has 1 aliphatic heterocycles. The Morgan fingerprint density at radius 3 is 2.83 bits per heavy atom. The predicted molar refractivity (Wildman–Crippen MR) is 108 cm³/mol. The summed E-state index contributed by atoms with van der Waals surface area (Å²) in [6.45, 7) is 1.45. The highest BCUT2D eigenvalue weighted by atomic mass is 16.7. The molecule has 1 aliphatic rings. The van der Waals surface area contributed by atoms with Crippen molar-refractivity contribution in [1.82, 2.24) is 10.6 Å². The van der Waals surface area contributed by atoms with Gasteiger partial charge in [-0.2, -0.15) is 0 Å². The number of hydrogen-bond acceptors (Lipinski definition) is 7. The fraction of sp³-hybridized carbons (Fsp3) is 0.476. The number of phenols is 1. The Hall–Kier alpha value is -2.39. The number of aliphatic hydroxyl groups is 1. The smallest absolute Gasteiger partial charge is 0.407 e. The number of phenolic OH excluding ortho intramolecular Hbond substituents is 1. The van der Waals surface area contributed by atoms with Crippen LogP contribution in [-0.2, 0) is 14.2 Å². The van der Waals surface area contributed by atoms with Gasteiger partial charge in [0.05, 0.1) is 13.2 Å². The first-order valence-electron chi connectivity index (χ1n) is 9.77. The molecule has 2 aromatic carbocycles. The largest absolute Gasteiger partial charge is 0.508 e. The Kier molecular flexibility index (Phi) is 7.65. The maximum atomic E-state index is 11.5. The van der Waals surface area contributed by atoms with Crippen LogP contribution in [0.1, 0.15) is 24.3 Å². The lowest BCUT2D eigenvalue weighted by molar-refractivity contribution is -0.189. The van der Waals surface area contributed by atoms with Crippen LogP contribution in [0.4, 0.5) is 4.79 Å². The SMILES string of the molecule is CNC(O)COC(=O)NCCCC1OCC(c2cccc3cc(O)ccc23)CO1. The molecule has 8 nitrogen and oxygen atoms in total. The number of fused-ring (bicyclic) bond motifs is 1. The quantitative estimate of drug-likeness (QED) is 0.394. The molecule has 0 saturated carbocycles. The molecule has 8 heteroatoms. The zero-order valence-electron chi connectivity index (χ0n) is 16.5. The van der Waals surface area contributed by atoms with Crippen molar-refractivity contribution in [2.75, 3.05) is 33.4 Å². The maximum Gasteiger partial charge on any atom is 0.407 e. The number of hydrogen-bond donors (Lipinski definition) is 4. The summed E-state index contributed by atoms with van der Waals surface area (Å²) >= 11 is 0. The second-order valence-corrected chi connectivity index (χ2v) is 7.02. The number of amides is 1. The number of aromatic hydroxyl groups is 1. The Labute approximate surface area is 169 Å². The summed E-state index contributed by atoms with van der Waals surface area (Å²) in [4.78, 5) is 11.5. The standard InChI is InChI=1S/C21H28N2O6/c1-22-19(25)13-29-21(26)23-9-3-6-20-27-11-15(12-28-20)17-5-2-4-14-10-16(24)7-8-18(14)17/h2,4-5,7-8,10,15,19-20,22,24-25H,3,6,9,11-13H2,1H3,(H,23,26). The van der Waals surface area contributed by atoms with Gasteiger partial charge in [-0.3, -0.25) is 5.32 Å². The van der Waals surface area contributed by atoms with E-state index >= 15 is 0 Å². The van der Waals surface area contributed by atoms with Gasteiger partial charge in [0, 0.05) is 18.9 Å². The maximum absolute atomic E-state index is 11.5. The number of carbonyl (C=O) groups is 1. The van der Waals surface area contributed by atoms with Crippen molar-refractivity contribution >= 4 is 16.9 Å². The summed E-state index contributed by atoms with van der Waals surface area (Å²) in [7, 11) is 1.58. The number of alkyl carbamates (subject to hydrolysis) is 1. The minimum atomic E-state index is -0.870. The normalized spacial score (nSPS) is 20.3. The van der Waals surface area contributed by atoms with Gasteiger partial charge in [-0.15, -0.1) is 0 Å². The van der Waals surface area contributed by atoms with E-state index in [-0.39, 0.29) is 24.6 Å². The van der Waals surface area contributed by atoms with Crippen molar-refractivity contribution in [3.8, 4) is 5.75 Å². The first kappa shape index (κ1) is 21.3. The molecule has 0 aromatic heterocycles. The molecule has 158 valence electrons. The topological polar surface area (TPSA) is 109 Å². The van der Waals surface area contributed by atoms with Gasteiger partial charge in [0.1, 0.15) is 18.6 Å². The van der Waals surface area contributed by atoms with E-state index in [9.17, 15) is 15.0 Å². The molecule has 0 aliphatic carbocycles. The van der Waals surface area contributed by atoms with Gasteiger partial charge < -0.3 is 29.7 Å². The van der Waals surface area contributed by atoms with Crippen molar-refractivity contribution in [3.63, 3.8) is 0 Å². The Bertz CT molecular complexity index is 807.